The molecule has 0 aromatic heterocycles. The molecule has 0 bridgehead atoms. The maximum absolute atomic E-state index is 12.8. The van der Waals surface area contributed by atoms with Crippen LogP contribution in [0.1, 0.15) is 12.0 Å². The van der Waals surface area contributed by atoms with E-state index in [1.807, 2.05) is 0 Å². The number of ether oxygens (including phenoxy) is 2. The Balaban J connectivity index is 1.99. The van der Waals surface area contributed by atoms with Gasteiger partial charge >= 0.3 is 0 Å². The Labute approximate surface area is 104 Å². The molecule has 2 rings (SSSR count). The molecule has 0 amide bonds. The van der Waals surface area contributed by atoms with E-state index < -0.39 is 6.43 Å². The number of nitrogens with one attached hydrogen (secondary N) is 1. The van der Waals surface area contributed by atoms with Crippen molar-refractivity contribution in [1.29, 1.82) is 0 Å². The lowest BCUT2D eigenvalue weighted by molar-refractivity contribution is -0.0819. The number of alkyl halides is 2. The van der Waals surface area contributed by atoms with Crippen LogP contribution < -0.4 is 11.1 Å². The summed E-state index contributed by atoms with van der Waals surface area (Å²) in [4.78, 5) is 0. The molecule has 1 aliphatic rings. The molecular formula is C12H16F2N2O2. The maximum atomic E-state index is 12.8. The van der Waals surface area contributed by atoms with Gasteiger partial charge in [-0.1, -0.05) is 0 Å². The number of anilines is 2. The molecule has 1 fully saturated rings. The van der Waals surface area contributed by atoms with Crippen molar-refractivity contribution in [3.05, 3.63) is 23.8 Å². The average Bonchev–Trinajstić information content (AvgIpc) is 2.38. The molecule has 1 saturated heterocycles. The first-order valence-electron chi connectivity index (χ1n) is 5.77. The smallest absolute Gasteiger partial charge is 0.265 e. The standard InChI is InChI=1S/C12H16F2N2O2/c13-12(14)10-5-8(15)1-2-11(10)16-6-9-7-17-3-4-18-9/h1-2,5,9,12,16H,3-4,6-7,15H2. The summed E-state index contributed by atoms with van der Waals surface area (Å²) in [6.07, 6.45) is -2.67. The number of rotatable bonds is 4. The van der Waals surface area contributed by atoms with Gasteiger partial charge in [0.15, 0.2) is 0 Å². The minimum Gasteiger partial charge on any atom is -0.399 e. The van der Waals surface area contributed by atoms with Crippen LogP contribution in [0.3, 0.4) is 0 Å². The normalized spacial score (nSPS) is 20.1. The molecule has 0 spiro atoms. The van der Waals surface area contributed by atoms with Crippen LogP contribution in [0.25, 0.3) is 0 Å². The van der Waals surface area contributed by atoms with Crippen LogP contribution in [0.4, 0.5) is 20.2 Å². The zero-order valence-corrected chi connectivity index (χ0v) is 9.86. The third-order valence-electron chi connectivity index (χ3n) is 2.72. The fourth-order valence-electron chi connectivity index (χ4n) is 1.80. The van der Waals surface area contributed by atoms with E-state index >= 15 is 0 Å². The minimum atomic E-state index is -2.56. The Hall–Kier alpha value is -1.40. The minimum absolute atomic E-state index is 0.0910. The molecule has 0 radical (unpaired) electrons. The molecule has 100 valence electrons. The topological polar surface area (TPSA) is 56.5 Å². The van der Waals surface area contributed by atoms with E-state index in [1.54, 1.807) is 12.1 Å². The van der Waals surface area contributed by atoms with Crippen LogP contribution in [-0.2, 0) is 9.47 Å². The fraction of sp³-hybridized carbons (Fsp3) is 0.500. The maximum Gasteiger partial charge on any atom is 0.265 e. The third-order valence-corrected chi connectivity index (χ3v) is 2.72. The number of nitrogens with two attached hydrogens (primary N) is 1. The highest BCUT2D eigenvalue weighted by Gasteiger charge is 2.17. The lowest BCUT2D eigenvalue weighted by Crippen LogP contribution is -2.34. The Morgan fingerprint density at radius 3 is 2.89 bits per heavy atom. The second kappa shape index (κ2) is 5.97. The summed E-state index contributed by atoms with van der Waals surface area (Å²) in [6.45, 7) is 2.03. The molecule has 1 aromatic carbocycles. The SMILES string of the molecule is Nc1ccc(NCC2COCCO2)c(C(F)F)c1. The van der Waals surface area contributed by atoms with Gasteiger partial charge in [0.25, 0.3) is 6.43 Å². The summed E-state index contributed by atoms with van der Waals surface area (Å²) < 4.78 is 36.3. The monoisotopic (exact) mass is 258 g/mol. The van der Waals surface area contributed by atoms with Gasteiger partial charge in [-0.2, -0.15) is 0 Å². The van der Waals surface area contributed by atoms with E-state index in [-0.39, 0.29) is 11.7 Å². The zero-order chi connectivity index (χ0) is 13.0. The Bertz CT molecular complexity index is 396. The number of benzene rings is 1. The van der Waals surface area contributed by atoms with Gasteiger partial charge in [-0.05, 0) is 18.2 Å². The summed E-state index contributed by atoms with van der Waals surface area (Å²) in [5.41, 5.74) is 6.12. The molecule has 6 heteroatoms. The first kappa shape index (κ1) is 13.0. The van der Waals surface area contributed by atoms with Crippen LogP contribution in [0.5, 0.6) is 0 Å². The van der Waals surface area contributed by atoms with Crippen molar-refractivity contribution >= 4 is 11.4 Å². The second-order valence-electron chi connectivity index (χ2n) is 4.10. The largest absolute Gasteiger partial charge is 0.399 e. The molecule has 4 nitrogen and oxygen atoms in total. The molecule has 18 heavy (non-hydrogen) atoms. The van der Waals surface area contributed by atoms with Crippen molar-refractivity contribution in [3.63, 3.8) is 0 Å². The summed E-state index contributed by atoms with van der Waals surface area (Å²) >= 11 is 0. The van der Waals surface area contributed by atoms with Gasteiger partial charge in [-0.15, -0.1) is 0 Å². The first-order chi connectivity index (χ1) is 8.66. The lowest BCUT2D eigenvalue weighted by atomic mass is 10.1. The molecular weight excluding hydrogens is 242 g/mol. The molecule has 1 heterocycles. The van der Waals surface area contributed by atoms with E-state index in [1.165, 1.54) is 6.07 Å². The van der Waals surface area contributed by atoms with Crippen molar-refractivity contribution in [2.45, 2.75) is 12.5 Å². The van der Waals surface area contributed by atoms with Crippen LogP contribution in [0.15, 0.2) is 18.2 Å². The van der Waals surface area contributed by atoms with Gasteiger partial charge in [0.2, 0.25) is 0 Å². The quantitative estimate of drug-likeness (QED) is 0.811. The highest BCUT2D eigenvalue weighted by atomic mass is 19.3. The van der Waals surface area contributed by atoms with Crippen LogP contribution >= 0.6 is 0 Å². The van der Waals surface area contributed by atoms with E-state index in [9.17, 15) is 8.78 Å². The van der Waals surface area contributed by atoms with Crippen LogP contribution in [0, 0.1) is 0 Å². The Kier molecular flexibility index (Phi) is 4.33. The molecule has 0 saturated carbocycles. The van der Waals surface area contributed by atoms with Crippen molar-refractivity contribution < 1.29 is 18.3 Å². The van der Waals surface area contributed by atoms with E-state index in [0.29, 0.717) is 37.7 Å². The number of nitrogen functional groups attached to an aromatic ring is 1. The predicted octanol–water partition coefficient (Wildman–Crippen LogP) is 2.03. The highest BCUT2D eigenvalue weighted by Crippen LogP contribution is 2.29. The van der Waals surface area contributed by atoms with Crippen molar-refractivity contribution in [3.8, 4) is 0 Å². The first-order valence-corrected chi connectivity index (χ1v) is 5.77. The second-order valence-corrected chi connectivity index (χ2v) is 4.10. The number of hydrogen-bond acceptors (Lipinski definition) is 4. The number of halogens is 2. The Morgan fingerprint density at radius 2 is 2.22 bits per heavy atom. The van der Waals surface area contributed by atoms with Crippen molar-refractivity contribution in [2.24, 2.45) is 0 Å². The fourth-order valence-corrected chi connectivity index (χ4v) is 1.80. The highest BCUT2D eigenvalue weighted by molar-refractivity contribution is 5.58. The molecule has 1 unspecified atom stereocenters. The Morgan fingerprint density at radius 1 is 1.39 bits per heavy atom. The van der Waals surface area contributed by atoms with Gasteiger partial charge in [-0.3, -0.25) is 0 Å². The average molecular weight is 258 g/mol. The summed E-state index contributed by atoms with van der Waals surface area (Å²) in [6, 6.07) is 4.43. The molecule has 3 N–H and O–H groups in total. The predicted molar refractivity (Wildman–Crippen MR) is 64.9 cm³/mol. The molecule has 0 aliphatic carbocycles. The van der Waals surface area contributed by atoms with Crippen LogP contribution in [-0.4, -0.2) is 32.5 Å². The van der Waals surface area contributed by atoms with Crippen LogP contribution in [0.2, 0.25) is 0 Å². The van der Waals surface area contributed by atoms with E-state index in [2.05, 4.69) is 5.32 Å². The van der Waals surface area contributed by atoms with E-state index in [0.717, 1.165) is 0 Å². The third kappa shape index (κ3) is 3.30. The van der Waals surface area contributed by atoms with Gasteiger partial charge in [-0.25, -0.2) is 8.78 Å². The molecule has 1 aliphatic heterocycles. The van der Waals surface area contributed by atoms with Crippen molar-refractivity contribution in [2.75, 3.05) is 37.4 Å². The van der Waals surface area contributed by atoms with Gasteiger partial charge < -0.3 is 20.5 Å². The zero-order valence-electron chi connectivity index (χ0n) is 9.86. The number of hydrogen-bond donors (Lipinski definition) is 2. The van der Waals surface area contributed by atoms with E-state index in [4.69, 9.17) is 15.2 Å². The van der Waals surface area contributed by atoms with Gasteiger partial charge in [0.05, 0.1) is 25.9 Å². The summed E-state index contributed by atoms with van der Waals surface area (Å²) in [5, 5.41) is 2.95. The summed E-state index contributed by atoms with van der Waals surface area (Å²) in [7, 11) is 0. The van der Waals surface area contributed by atoms with Crippen molar-refractivity contribution in [1.82, 2.24) is 0 Å². The molecule has 1 atom stereocenters. The van der Waals surface area contributed by atoms with Gasteiger partial charge in [0, 0.05) is 23.5 Å². The molecule has 1 aromatic rings. The van der Waals surface area contributed by atoms with Gasteiger partial charge in [0.1, 0.15) is 0 Å². The lowest BCUT2D eigenvalue weighted by Gasteiger charge is -2.24. The summed E-state index contributed by atoms with van der Waals surface area (Å²) in [5.74, 6) is 0.